The smallest absolute Gasteiger partial charge is 0.226 e. The van der Waals surface area contributed by atoms with E-state index in [1.807, 2.05) is 49.4 Å². The van der Waals surface area contributed by atoms with E-state index >= 15 is 0 Å². The van der Waals surface area contributed by atoms with E-state index in [4.69, 9.17) is 0 Å². The Balaban J connectivity index is 1.81. The van der Waals surface area contributed by atoms with Crippen molar-refractivity contribution in [3.05, 3.63) is 75.9 Å². The monoisotopic (exact) mass is 409 g/mol. The fourth-order valence-corrected chi connectivity index (χ4v) is 3.61. The molecule has 1 aliphatic rings. The molecule has 0 radical (unpaired) electrons. The number of carbonyl (C=O) groups is 2. The van der Waals surface area contributed by atoms with Gasteiger partial charge in [0.2, 0.25) is 5.91 Å². The van der Waals surface area contributed by atoms with Crippen molar-refractivity contribution in [2.75, 3.05) is 5.32 Å². The molecule has 1 aliphatic heterocycles. The number of Topliss-reactive ketones (excluding diaryl/α,β-unsaturated/α-hetero) is 1. The lowest BCUT2D eigenvalue weighted by atomic mass is 9.85. The average molecular weight is 410 g/mol. The van der Waals surface area contributed by atoms with Crippen LogP contribution < -0.4 is 5.32 Å². The first-order valence-corrected chi connectivity index (χ1v) is 9.08. The van der Waals surface area contributed by atoms with Crippen LogP contribution in [-0.2, 0) is 4.79 Å². The molecule has 1 atom stereocenters. The fraction of sp³-hybridized carbons (Fsp3) is 0.150. The number of aryl methyl sites for hydroxylation is 1. The summed E-state index contributed by atoms with van der Waals surface area (Å²) >= 11 is 3.38. The fourth-order valence-electron chi connectivity index (χ4n) is 3.34. The van der Waals surface area contributed by atoms with Gasteiger partial charge in [-0.1, -0.05) is 46.3 Å². The maximum absolute atomic E-state index is 13.1. The molecular weight excluding hydrogens is 394 g/mol. The highest BCUT2D eigenvalue weighted by atomic mass is 79.9. The van der Waals surface area contributed by atoms with E-state index in [0.717, 1.165) is 21.4 Å². The summed E-state index contributed by atoms with van der Waals surface area (Å²) in [6, 6.07) is 16.8. The molecule has 0 aliphatic carbocycles. The highest BCUT2D eigenvalue weighted by Crippen LogP contribution is 2.38. The maximum atomic E-state index is 13.1. The third-order valence-corrected chi connectivity index (χ3v) is 5.08. The molecule has 1 N–H and O–H groups in total. The minimum atomic E-state index is -0.530. The van der Waals surface area contributed by atoms with Gasteiger partial charge in [-0.15, -0.1) is 0 Å². The third kappa shape index (κ3) is 2.86. The SMILES string of the molecule is Cc1nn(-c2ccccc2)c2c1C(C(=O)c1ccc(Br)cc1)CC(=O)N2. The number of ketones is 1. The topological polar surface area (TPSA) is 64.0 Å². The van der Waals surface area contributed by atoms with E-state index in [-0.39, 0.29) is 18.1 Å². The molecule has 4 rings (SSSR count). The van der Waals surface area contributed by atoms with Crippen molar-refractivity contribution in [3.63, 3.8) is 0 Å². The van der Waals surface area contributed by atoms with Crippen molar-refractivity contribution >= 4 is 33.4 Å². The van der Waals surface area contributed by atoms with Gasteiger partial charge in [0.15, 0.2) is 5.78 Å². The molecule has 1 aromatic heterocycles. The Hall–Kier alpha value is -2.73. The molecule has 0 saturated carbocycles. The quantitative estimate of drug-likeness (QED) is 0.657. The molecule has 0 spiro atoms. The summed E-state index contributed by atoms with van der Waals surface area (Å²) in [7, 11) is 0. The Kier molecular flexibility index (Phi) is 4.20. The molecule has 0 fully saturated rings. The van der Waals surface area contributed by atoms with Crippen LogP contribution in [0.15, 0.2) is 59.1 Å². The summed E-state index contributed by atoms with van der Waals surface area (Å²) in [6.07, 6.45) is 0.128. The number of para-hydroxylation sites is 1. The zero-order valence-corrected chi connectivity index (χ0v) is 15.7. The zero-order valence-electron chi connectivity index (χ0n) is 14.1. The van der Waals surface area contributed by atoms with E-state index in [0.29, 0.717) is 11.4 Å². The number of aromatic nitrogens is 2. The Labute approximate surface area is 159 Å². The number of fused-ring (bicyclic) bond motifs is 1. The second-order valence-electron chi connectivity index (χ2n) is 6.27. The Morgan fingerprint density at radius 2 is 1.85 bits per heavy atom. The number of halogens is 1. The van der Waals surface area contributed by atoms with Crippen LogP contribution in [0.4, 0.5) is 5.82 Å². The molecule has 2 aromatic carbocycles. The highest BCUT2D eigenvalue weighted by Gasteiger charge is 2.36. The van der Waals surface area contributed by atoms with Crippen LogP contribution in [0.1, 0.15) is 34.0 Å². The van der Waals surface area contributed by atoms with Crippen LogP contribution in [-0.4, -0.2) is 21.5 Å². The number of hydrogen-bond donors (Lipinski definition) is 1. The molecule has 1 amide bonds. The largest absolute Gasteiger partial charge is 0.310 e. The van der Waals surface area contributed by atoms with E-state index in [2.05, 4.69) is 26.3 Å². The predicted octanol–water partition coefficient (Wildman–Crippen LogP) is 4.25. The number of carbonyl (C=O) groups excluding carboxylic acids is 2. The van der Waals surface area contributed by atoms with Crippen LogP contribution in [0, 0.1) is 6.92 Å². The Morgan fingerprint density at radius 1 is 1.15 bits per heavy atom. The molecule has 0 bridgehead atoms. The normalized spacial score (nSPS) is 16.1. The van der Waals surface area contributed by atoms with E-state index in [1.54, 1.807) is 16.8 Å². The summed E-state index contributed by atoms with van der Waals surface area (Å²) in [4.78, 5) is 25.4. The van der Waals surface area contributed by atoms with Crippen LogP contribution in [0.5, 0.6) is 0 Å². The van der Waals surface area contributed by atoms with Gasteiger partial charge in [0.25, 0.3) is 0 Å². The van der Waals surface area contributed by atoms with Gasteiger partial charge in [0.05, 0.1) is 17.3 Å². The number of anilines is 1. The molecular formula is C20H16BrN3O2. The number of rotatable bonds is 3. The molecule has 130 valence electrons. The summed E-state index contributed by atoms with van der Waals surface area (Å²) in [5.74, 6) is -0.188. The van der Waals surface area contributed by atoms with Crippen molar-refractivity contribution in [2.45, 2.75) is 19.3 Å². The standard InChI is InChI=1S/C20H16BrN3O2/c1-12-18-16(19(26)13-7-9-14(21)10-8-13)11-17(25)22-20(18)24(23-12)15-5-3-2-4-6-15/h2-10,16H,11H2,1H3,(H,22,25). The first kappa shape index (κ1) is 16.7. The lowest BCUT2D eigenvalue weighted by Crippen LogP contribution is -2.28. The van der Waals surface area contributed by atoms with Crippen LogP contribution in [0.25, 0.3) is 5.69 Å². The van der Waals surface area contributed by atoms with Gasteiger partial charge in [0, 0.05) is 22.0 Å². The molecule has 26 heavy (non-hydrogen) atoms. The van der Waals surface area contributed by atoms with Gasteiger partial charge in [-0.05, 0) is 31.2 Å². The van der Waals surface area contributed by atoms with Crippen LogP contribution in [0.3, 0.4) is 0 Å². The minimum Gasteiger partial charge on any atom is -0.310 e. The summed E-state index contributed by atoms with van der Waals surface area (Å²) in [5.41, 5.74) is 2.97. The Bertz CT molecular complexity index is 994. The van der Waals surface area contributed by atoms with Crippen LogP contribution >= 0.6 is 15.9 Å². The van der Waals surface area contributed by atoms with E-state index in [9.17, 15) is 9.59 Å². The zero-order chi connectivity index (χ0) is 18.3. The second-order valence-corrected chi connectivity index (χ2v) is 7.19. The first-order chi connectivity index (χ1) is 12.5. The predicted molar refractivity (Wildman–Crippen MR) is 103 cm³/mol. The molecule has 6 heteroatoms. The van der Waals surface area contributed by atoms with Gasteiger partial charge in [-0.2, -0.15) is 5.10 Å². The van der Waals surface area contributed by atoms with E-state index < -0.39 is 5.92 Å². The first-order valence-electron chi connectivity index (χ1n) is 8.29. The van der Waals surface area contributed by atoms with Crippen molar-refractivity contribution in [1.29, 1.82) is 0 Å². The molecule has 2 heterocycles. The van der Waals surface area contributed by atoms with Gasteiger partial charge < -0.3 is 5.32 Å². The lowest BCUT2D eigenvalue weighted by molar-refractivity contribution is -0.116. The number of nitrogens with zero attached hydrogens (tertiary/aromatic N) is 2. The molecule has 0 saturated heterocycles. The average Bonchev–Trinajstić information content (AvgIpc) is 2.98. The summed E-state index contributed by atoms with van der Waals surface area (Å²) < 4.78 is 2.60. The lowest BCUT2D eigenvalue weighted by Gasteiger charge is -2.23. The van der Waals surface area contributed by atoms with Crippen LogP contribution in [0.2, 0.25) is 0 Å². The summed E-state index contributed by atoms with van der Waals surface area (Å²) in [5, 5.41) is 7.47. The van der Waals surface area contributed by atoms with Gasteiger partial charge >= 0.3 is 0 Å². The Morgan fingerprint density at radius 3 is 2.54 bits per heavy atom. The highest BCUT2D eigenvalue weighted by molar-refractivity contribution is 9.10. The van der Waals surface area contributed by atoms with Gasteiger partial charge in [0.1, 0.15) is 5.82 Å². The maximum Gasteiger partial charge on any atom is 0.226 e. The van der Waals surface area contributed by atoms with Gasteiger partial charge in [-0.25, -0.2) is 4.68 Å². The number of hydrogen-bond acceptors (Lipinski definition) is 3. The third-order valence-electron chi connectivity index (χ3n) is 4.55. The molecule has 1 unspecified atom stereocenters. The summed E-state index contributed by atoms with van der Waals surface area (Å²) in [6.45, 7) is 1.87. The van der Waals surface area contributed by atoms with Crippen molar-refractivity contribution in [3.8, 4) is 5.69 Å². The second kappa shape index (κ2) is 6.53. The van der Waals surface area contributed by atoms with E-state index in [1.165, 1.54) is 0 Å². The number of amides is 1. The minimum absolute atomic E-state index is 0.0655. The number of nitrogens with one attached hydrogen (secondary N) is 1. The van der Waals surface area contributed by atoms with Gasteiger partial charge in [-0.3, -0.25) is 9.59 Å². The van der Waals surface area contributed by atoms with Crippen molar-refractivity contribution in [2.24, 2.45) is 0 Å². The van der Waals surface area contributed by atoms with Crippen molar-refractivity contribution in [1.82, 2.24) is 9.78 Å². The molecule has 3 aromatic rings. The molecule has 5 nitrogen and oxygen atoms in total. The van der Waals surface area contributed by atoms with Crippen molar-refractivity contribution < 1.29 is 9.59 Å². The number of benzene rings is 2.